The maximum Gasteiger partial charge on any atom is 0.254 e. The minimum Gasteiger partial charge on any atom is -0.508 e. The Morgan fingerprint density at radius 1 is 1.35 bits per heavy atom. The van der Waals surface area contributed by atoms with Crippen LogP contribution < -0.4 is 0 Å². The number of benzene rings is 1. The van der Waals surface area contributed by atoms with Gasteiger partial charge in [0.2, 0.25) is 0 Å². The summed E-state index contributed by atoms with van der Waals surface area (Å²) in [4.78, 5) is 14.1. The summed E-state index contributed by atoms with van der Waals surface area (Å²) in [6.07, 6.45) is 2.08. The molecule has 0 saturated heterocycles. The zero-order valence-electron chi connectivity index (χ0n) is 10.9. The quantitative estimate of drug-likeness (QED) is 0.852. The van der Waals surface area contributed by atoms with Gasteiger partial charge < -0.3 is 10.0 Å². The summed E-state index contributed by atoms with van der Waals surface area (Å²) in [6, 6.07) is 5.09. The lowest BCUT2D eigenvalue weighted by atomic mass is 10.1. The molecule has 0 heterocycles. The summed E-state index contributed by atoms with van der Waals surface area (Å²) < 4.78 is 0. The Morgan fingerprint density at radius 3 is 2.65 bits per heavy atom. The van der Waals surface area contributed by atoms with Gasteiger partial charge in [0.15, 0.2) is 0 Å². The largest absolute Gasteiger partial charge is 0.508 e. The number of phenols is 1. The molecule has 3 nitrogen and oxygen atoms in total. The van der Waals surface area contributed by atoms with Gasteiger partial charge in [-0.1, -0.05) is 19.4 Å². The molecule has 0 fully saturated rings. The summed E-state index contributed by atoms with van der Waals surface area (Å²) >= 11 is 0. The van der Waals surface area contributed by atoms with Gasteiger partial charge >= 0.3 is 0 Å². The van der Waals surface area contributed by atoms with Gasteiger partial charge in [0.05, 0.1) is 0 Å². The number of phenolic OH excluding ortho intramolecular Hbond substituents is 1. The van der Waals surface area contributed by atoms with Crippen LogP contribution in [0.15, 0.2) is 18.2 Å². The zero-order valence-corrected chi connectivity index (χ0v) is 10.9. The molecule has 0 aliphatic carbocycles. The highest BCUT2D eigenvalue weighted by Gasteiger charge is 2.16. The van der Waals surface area contributed by atoms with E-state index in [9.17, 15) is 9.90 Å². The lowest BCUT2D eigenvalue weighted by Gasteiger charge is -2.21. The molecule has 0 atom stereocenters. The normalized spacial score (nSPS) is 10.3. The fourth-order valence-corrected chi connectivity index (χ4v) is 1.78. The van der Waals surface area contributed by atoms with E-state index >= 15 is 0 Å². The molecule has 1 aromatic carbocycles. The SMILES string of the molecule is CCCCN(CC)C(=O)c1cccc(O)c1C. The molecular formula is C14H21NO2. The standard InChI is InChI=1S/C14H21NO2/c1-4-6-10-15(5-2)14(17)12-8-7-9-13(16)11(12)3/h7-9,16H,4-6,10H2,1-3H3. The van der Waals surface area contributed by atoms with Gasteiger partial charge in [-0.25, -0.2) is 0 Å². The molecule has 0 bridgehead atoms. The molecular weight excluding hydrogens is 214 g/mol. The third-order valence-electron chi connectivity index (χ3n) is 2.99. The van der Waals surface area contributed by atoms with E-state index in [1.807, 2.05) is 11.8 Å². The van der Waals surface area contributed by atoms with E-state index < -0.39 is 0 Å². The Hall–Kier alpha value is -1.51. The number of amides is 1. The van der Waals surface area contributed by atoms with E-state index in [0.29, 0.717) is 17.7 Å². The first kappa shape index (κ1) is 13.6. The second kappa shape index (κ2) is 6.28. The van der Waals surface area contributed by atoms with Crippen LogP contribution in [0.2, 0.25) is 0 Å². The topological polar surface area (TPSA) is 40.5 Å². The van der Waals surface area contributed by atoms with Crippen LogP contribution >= 0.6 is 0 Å². The third kappa shape index (κ3) is 3.22. The van der Waals surface area contributed by atoms with Crippen molar-refractivity contribution in [2.45, 2.75) is 33.6 Å². The second-order valence-electron chi connectivity index (χ2n) is 4.19. The Bertz CT molecular complexity index is 388. The zero-order chi connectivity index (χ0) is 12.8. The Kier molecular flexibility index (Phi) is 5.01. The van der Waals surface area contributed by atoms with E-state index in [0.717, 1.165) is 19.4 Å². The first-order chi connectivity index (χ1) is 8.11. The molecule has 1 N–H and O–H groups in total. The molecule has 17 heavy (non-hydrogen) atoms. The summed E-state index contributed by atoms with van der Waals surface area (Å²) in [5.74, 6) is 0.191. The van der Waals surface area contributed by atoms with Crippen LogP contribution in [0.4, 0.5) is 0 Å². The van der Waals surface area contributed by atoms with Crippen molar-refractivity contribution in [1.29, 1.82) is 0 Å². The van der Waals surface area contributed by atoms with Crippen LogP contribution in [0, 0.1) is 6.92 Å². The van der Waals surface area contributed by atoms with Gasteiger partial charge in [-0.3, -0.25) is 4.79 Å². The second-order valence-corrected chi connectivity index (χ2v) is 4.19. The van der Waals surface area contributed by atoms with Crippen LogP contribution in [-0.4, -0.2) is 29.0 Å². The van der Waals surface area contributed by atoms with Crippen LogP contribution in [0.5, 0.6) is 5.75 Å². The van der Waals surface area contributed by atoms with E-state index in [-0.39, 0.29) is 11.7 Å². The van der Waals surface area contributed by atoms with Crippen LogP contribution in [0.25, 0.3) is 0 Å². The minimum absolute atomic E-state index is 0.00866. The highest BCUT2D eigenvalue weighted by molar-refractivity contribution is 5.96. The highest BCUT2D eigenvalue weighted by Crippen LogP contribution is 2.21. The lowest BCUT2D eigenvalue weighted by Crippen LogP contribution is -2.32. The number of carbonyl (C=O) groups is 1. The molecule has 3 heteroatoms. The summed E-state index contributed by atoms with van der Waals surface area (Å²) in [7, 11) is 0. The van der Waals surface area contributed by atoms with Gasteiger partial charge in [0, 0.05) is 24.2 Å². The first-order valence-electron chi connectivity index (χ1n) is 6.19. The molecule has 1 amide bonds. The van der Waals surface area contributed by atoms with Gasteiger partial charge in [-0.2, -0.15) is 0 Å². The van der Waals surface area contributed by atoms with Gasteiger partial charge in [0.25, 0.3) is 5.91 Å². The Labute approximate surface area is 103 Å². The summed E-state index contributed by atoms with van der Waals surface area (Å²) in [5, 5.41) is 9.61. The number of unbranched alkanes of at least 4 members (excludes halogenated alkanes) is 1. The average Bonchev–Trinajstić information content (AvgIpc) is 2.33. The van der Waals surface area contributed by atoms with Crippen LogP contribution in [0.3, 0.4) is 0 Å². The van der Waals surface area contributed by atoms with Gasteiger partial charge in [-0.05, 0) is 32.4 Å². The minimum atomic E-state index is 0.00866. The molecule has 94 valence electrons. The van der Waals surface area contributed by atoms with Crippen molar-refractivity contribution in [2.75, 3.05) is 13.1 Å². The molecule has 0 spiro atoms. The highest BCUT2D eigenvalue weighted by atomic mass is 16.3. The van der Waals surface area contributed by atoms with E-state index in [2.05, 4.69) is 6.92 Å². The Balaban J connectivity index is 2.90. The van der Waals surface area contributed by atoms with Gasteiger partial charge in [-0.15, -0.1) is 0 Å². The number of nitrogens with zero attached hydrogens (tertiary/aromatic N) is 1. The van der Waals surface area contributed by atoms with E-state index in [1.54, 1.807) is 25.1 Å². The van der Waals surface area contributed by atoms with E-state index in [4.69, 9.17) is 0 Å². The van der Waals surface area contributed by atoms with Gasteiger partial charge in [0.1, 0.15) is 5.75 Å². The number of aromatic hydroxyl groups is 1. The van der Waals surface area contributed by atoms with Crippen molar-refractivity contribution >= 4 is 5.91 Å². The number of rotatable bonds is 5. The maximum absolute atomic E-state index is 12.3. The lowest BCUT2D eigenvalue weighted by molar-refractivity contribution is 0.0761. The molecule has 0 aliphatic heterocycles. The molecule has 0 unspecified atom stereocenters. The molecule has 1 rings (SSSR count). The fourth-order valence-electron chi connectivity index (χ4n) is 1.78. The van der Waals surface area contributed by atoms with Crippen LogP contribution in [0.1, 0.15) is 42.6 Å². The summed E-state index contributed by atoms with van der Waals surface area (Å²) in [6.45, 7) is 7.34. The molecule has 0 saturated carbocycles. The van der Waals surface area contributed by atoms with Crippen molar-refractivity contribution in [3.8, 4) is 5.75 Å². The third-order valence-corrected chi connectivity index (χ3v) is 2.99. The molecule has 0 radical (unpaired) electrons. The predicted octanol–water partition coefficient (Wildman–Crippen LogP) is 2.96. The monoisotopic (exact) mass is 235 g/mol. The molecule has 0 aliphatic rings. The smallest absolute Gasteiger partial charge is 0.254 e. The first-order valence-corrected chi connectivity index (χ1v) is 6.19. The van der Waals surface area contributed by atoms with Crippen molar-refractivity contribution in [1.82, 2.24) is 4.90 Å². The number of hydrogen-bond acceptors (Lipinski definition) is 2. The number of hydrogen-bond donors (Lipinski definition) is 1. The maximum atomic E-state index is 12.3. The van der Waals surface area contributed by atoms with E-state index in [1.165, 1.54) is 0 Å². The predicted molar refractivity (Wildman–Crippen MR) is 69.3 cm³/mol. The Morgan fingerprint density at radius 2 is 2.06 bits per heavy atom. The number of carbonyl (C=O) groups excluding carboxylic acids is 1. The summed E-state index contributed by atoms with van der Waals surface area (Å²) in [5.41, 5.74) is 1.26. The molecule has 0 aromatic heterocycles. The van der Waals surface area contributed by atoms with Crippen molar-refractivity contribution in [3.63, 3.8) is 0 Å². The van der Waals surface area contributed by atoms with Crippen LogP contribution in [-0.2, 0) is 0 Å². The molecule has 1 aromatic rings. The average molecular weight is 235 g/mol. The van der Waals surface area contributed by atoms with Crippen molar-refractivity contribution in [2.24, 2.45) is 0 Å². The fraction of sp³-hybridized carbons (Fsp3) is 0.500. The van der Waals surface area contributed by atoms with Crippen molar-refractivity contribution < 1.29 is 9.90 Å². The van der Waals surface area contributed by atoms with Crippen molar-refractivity contribution in [3.05, 3.63) is 29.3 Å².